The second-order valence-electron chi connectivity index (χ2n) is 7.50. The summed E-state index contributed by atoms with van der Waals surface area (Å²) in [4.78, 5) is 0. The number of rotatable bonds is 1. The molecule has 0 saturated heterocycles. The molecule has 3 nitrogen and oxygen atoms in total. The van der Waals surface area contributed by atoms with Gasteiger partial charge in [-0.05, 0) is 42.1 Å². The predicted octanol–water partition coefficient (Wildman–Crippen LogP) is 2.75. The average molecular weight is 317 g/mol. The Morgan fingerprint density at radius 2 is 1.79 bits per heavy atom. The third kappa shape index (κ3) is 1.84. The molecule has 0 amide bonds. The molecule has 2 atom stereocenters. The van der Waals surface area contributed by atoms with Crippen LogP contribution in [0.5, 0.6) is 0 Å². The SMILES string of the molecule is Cc1cc(C)c(-[n+]2cn3[n+](c2)C[C@@H]2Cc4ccccc4C23)c(C)c1. The molecule has 1 unspecified atom stereocenters. The van der Waals surface area contributed by atoms with Gasteiger partial charge in [0, 0.05) is 16.7 Å². The molecule has 0 fully saturated rings. The maximum atomic E-state index is 2.44. The largest absolute Gasteiger partial charge is 0.352 e. The first-order valence-corrected chi connectivity index (χ1v) is 8.80. The zero-order chi connectivity index (χ0) is 16.4. The Kier molecular flexibility index (Phi) is 2.79. The summed E-state index contributed by atoms with van der Waals surface area (Å²) in [6.45, 7) is 7.70. The molecule has 1 aliphatic heterocycles. The molecule has 3 aromatic rings. The van der Waals surface area contributed by atoms with Crippen LogP contribution in [-0.4, -0.2) is 4.68 Å². The van der Waals surface area contributed by atoms with Crippen molar-refractivity contribution in [2.45, 2.75) is 39.8 Å². The first-order valence-electron chi connectivity index (χ1n) is 8.80. The van der Waals surface area contributed by atoms with Crippen LogP contribution in [0, 0.1) is 26.7 Å². The predicted molar refractivity (Wildman–Crippen MR) is 92.1 cm³/mol. The smallest absolute Gasteiger partial charge is 0.123 e. The lowest BCUT2D eigenvalue weighted by Gasteiger charge is -2.05. The average Bonchev–Trinajstić information content (AvgIpc) is 3.14. The molecule has 1 aliphatic carbocycles. The van der Waals surface area contributed by atoms with Crippen molar-refractivity contribution in [1.29, 1.82) is 0 Å². The molecular weight excluding hydrogens is 294 g/mol. The highest BCUT2D eigenvalue weighted by Gasteiger charge is 2.50. The highest BCUT2D eigenvalue weighted by molar-refractivity contribution is 5.43. The van der Waals surface area contributed by atoms with E-state index >= 15 is 0 Å². The highest BCUT2D eigenvalue weighted by atomic mass is 15.5. The number of hydrogen-bond acceptors (Lipinski definition) is 0. The summed E-state index contributed by atoms with van der Waals surface area (Å²) in [6, 6.07) is 14.0. The van der Waals surface area contributed by atoms with Gasteiger partial charge in [0.25, 0.3) is 0 Å². The van der Waals surface area contributed by atoms with Gasteiger partial charge in [0.05, 0.1) is 5.92 Å². The minimum absolute atomic E-state index is 0.494. The van der Waals surface area contributed by atoms with Crippen molar-refractivity contribution in [3.63, 3.8) is 0 Å². The number of aromatic nitrogens is 3. The molecule has 2 heterocycles. The van der Waals surface area contributed by atoms with Crippen LogP contribution in [0.2, 0.25) is 0 Å². The Balaban J connectivity index is 1.63. The third-order valence-electron chi connectivity index (χ3n) is 5.70. The van der Waals surface area contributed by atoms with Crippen LogP contribution in [0.25, 0.3) is 5.69 Å². The van der Waals surface area contributed by atoms with E-state index < -0.39 is 0 Å². The fraction of sp³-hybridized carbons (Fsp3) is 0.333. The Morgan fingerprint density at radius 3 is 2.58 bits per heavy atom. The highest BCUT2D eigenvalue weighted by Crippen LogP contribution is 2.40. The number of aryl methyl sites for hydroxylation is 3. The molecule has 2 aromatic carbocycles. The van der Waals surface area contributed by atoms with Crippen molar-refractivity contribution >= 4 is 0 Å². The number of benzene rings is 2. The van der Waals surface area contributed by atoms with E-state index in [1.165, 1.54) is 39.9 Å². The molecule has 0 radical (unpaired) electrons. The second kappa shape index (κ2) is 4.79. The van der Waals surface area contributed by atoms with E-state index in [-0.39, 0.29) is 0 Å². The standard InChI is InChI=1S/C21H23N3/c1-14-8-15(2)20(16(3)9-14)22-12-23-11-18-10-17-6-4-5-7-19(17)21(18)24(23)13-22/h4-9,12-13,18,21H,10-11H2,1-3H3/q+2/t18-,21?/m0/s1. The van der Waals surface area contributed by atoms with Gasteiger partial charge in [-0.25, -0.2) is 0 Å². The summed E-state index contributed by atoms with van der Waals surface area (Å²) < 4.78 is 7.14. The summed E-state index contributed by atoms with van der Waals surface area (Å²) in [5, 5.41) is 0. The van der Waals surface area contributed by atoms with E-state index in [1.54, 1.807) is 0 Å². The van der Waals surface area contributed by atoms with Gasteiger partial charge >= 0.3 is 12.7 Å². The monoisotopic (exact) mass is 317 g/mol. The lowest BCUT2D eigenvalue weighted by atomic mass is 10.0. The molecule has 24 heavy (non-hydrogen) atoms. The van der Waals surface area contributed by atoms with E-state index in [4.69, 9.17) is 0 Å². The molecule has 5 rings (SSSR count). The summed E-state index contributed by atoms with van der Waals surface area (Å²) in [5.74, 6) is 0.706. The van der Waals surface area contributed by atoms with E-state index in [9.17, 15) is 0 Å². The van der Waals surface area contributed by atoms with Crippen LogP contribution in [0.1, 0.15) is 33.9 Å². The van der Waals surface area contributed by atoms with Crippen LogP contribution in [0.15, 0.2) is 49.1 Å². The molecule has 3 heteroatoms. The van der Waals surface area contributed by atoms with Crippen LogP contribution in [0.4, 0.5) is 0 Å². The minimum Gasteiger partial charge on any atom is -0.123 e. The Morgan fingerprint density at radius 1 is 1.04 bits per heavy atom. The number of nitrogens with zero attached hydrogens (tertiary/aromatic N) is 3. The first-order chi connectivity index (χ1) is 11.6. The Bertz CT molecular complexity index is 944. The fourth-order valence-electron chi connectivity index (χ4n) is 4.91. The van der Waals surface area contributed by atoms with Crippen molar-refractivity contribution < 1.29 is 9.25 Å². The maximum absolute atomic E-state index is 2.44. The topological polar surface area (TPSA) is 12.7 Å². The van der Waals surface area contributed by atoms with Gasteiger partial charge in [-0.2, -0.15) is 0 Å². The van der Waals surface area contributed by atoms with Crippen LogP contribution in [0.3, 0.4) is 0 Å². The molecule has 0 saturated carbocycles. The van der Waals surface area contributed by atoms with Gasteiger partial charge in [0.1, 0.15) is 0 Å². The quantitative estimate of drug-likeness (QED) is 0.612. The van der Waals surface area contributed by atoms with Crippen molar-refractivity contribution in [3.8, 4) is 5.69 Å². The molecular formula is C21H23N3+2. The lowest BCUT2D eigenvalue weighted by Crippen LogP contribution is -2.40. The molecule has 120 valence electrons. The van der Waals surface area contributed by atoms with Crippen molar-refractivity contribution in [2.75, 3.05) is 0 Å². The van der Waals surface area contributed by atoms with E-state index in [2.05, 4.69) is 83.8 Å². The number of fused-ring (bicyclic) bond motifs is 5. The van der Waals surface area contributed by atoms with Crippen LogP contribution < -0.4 is 9.25 Å². The molecule has 2 aliphatic rings. The molecule has 1 aromatic heterocycles. The molecule has 0 N–H and O–H groups in total. The van der Waals surface area contributed by atoms with Crippen molar-refractivity contribution in [2.24, 2.45) is 5.92 Å². The van der Waals surface area contributed by atoms with E-state index in [0.29, 0.717) is 12.0 Å². The summed E-state index contributed by atoms with van der Waals surface area (Å²) in [6.07, 6.45) is 5.77. The molecule has 0 bridgehead atoms. The van der Waals surface area contributed by atoms with E-state index in [1.807, 2.05) is 0 Å². The zero-order valence-electron chi connectivity index (χ0n) is 14.5. The van der Waals surface area contributed by atoms with Gasteiger partial charge in [-0.3, -0.25) is 0 Å². The Hall–Kier alpha value is -2.42. The number of hydrogen-bond donors (Lipinski definition) is 0. The second-order valence-corrected chi connectivity index (χ2v) is 7.50. The Labute approximate surface area is 142 Å². The van der Waals surface area contributed by atoms with Gasteiger partial charge in [0.15, 0.2) is 12.2 Å². The summed E-state index contributed by atoms with van der Waals surface area (Å²) in [5.41, 5.74) is 8.36. The fourth-order valence-corrected chi connectivity index (χ4v) is 4.91. The van der Waals surface area contributed by atoms with Gasteiger partial charge < -0.3 is 0 Å². The molecule has 0 spiro atoms. The summed E-state index contributed by atoms with van der Waals surface area (Å²) >= 11 is 0. The lowest BCUT2D eigenvalue weighted by molar-refractivity contribution is -0.798. The normalized spacial score (nSPS) is 20.8. The van der Waals surface area contributed by atoms with Crippen LogP contribution >= 0.6 is 0 Å². The summed E-state index contributed by atoms with van der Waals surface area (Å²) in [7, 11) is 0. The zero-order valence-corrected chi connectivity index (χ0v) is 14.5. The van der Waals surface area contributed by atoms with Gasteiger partial charge in [0.2, 0.25) is 6.04 Å². The first kappa shape index (κ1) is 14.0. The van der Waals surface area contributed by atoms with Gasteiger partial charge in [-0.1, -0.05) is 42.0 Å². The van der Waals surface area contributed by atoms with Crippen LogP contribution in [-0.2, 0) is 13.0 Å². The third-order valence-corrected chi connectivity index (χ3v) is 5.70. The minimum atomic E-state index is 0.494. The maximum Gasteiger partial charge on any atom is 0.352 e. The van der Waals surface area contributed by atoms with Crippen molar-refractivity contribution in [3.05, 3.63) is 76.9 Å². The van der Waals surface area contributed by atoms with E-state index in [0.717, 1.165) is 6.54 Å². The van der Waals surface area contributed by atoms with Crippen molar-refractivity contribution in [1.82, 2.24) is 4.68 Å². The van der Waals surface area contributed by atoms with Gasteiger partial charge in [-0.15, -0.1) is 4.57 Å².